The summed E-state index contributed by atoms with van der Waals surface area (Å²) in [6.07, 6.45) is 0. The van der Waals surface area contributed by atoms with Crippen molar-refractivity contribution in [2.45, 2.75) is 32.7 Å². The van der Waals surface area contributed by atoms with Gasteiger partial charge in [0.1, 0.15) is 11.6 Å². The molecule has 0 aromatic carbocycles. The summed E-state index contributed by atoms with van der Waals surface area (Å²) in [5.74, 6) is 1.81. The maximum absolute atomic E-state index is 5.48. The summed E-state index contributed by atoms with van der Waals surface area (Å²) in [4.78, 5) is 0. The Bertz CT molecular complexity index is 269. The summed E-state index contributed by atoms with van der Waals surface area (Å²) in [5, 5.41) is 8.08. The number of hydrogen-bond donors (Lipinski definition) is 1. The lowest BCUT2D eigenvalue weighted by Gasteiger charge is -2.16. The van der Waals surface area contributed by atoms with Gasteiger partial charge in [-0.1, -0.05) is 20.8 Å². The summed E-state index contributed by atoms with van der Waals surface area (Å²) in [6, 6.07) is 0. The van der Waals surface area contributed by atoms with E-state index in [1.165, 1.54) is 0 Å². The van der Waals surface area contributed by atoms with Gasteiger partial charge in [-0.15, -0.1) is 10.2 Å². The highest BCUT2D eigenvalue weighted by Crippen LogP contribution is 2.19. The van der Waals surface area contributed by atoms with Gasteiger partial charge in [0.15, 0.2) is 0 Å². The number of nitrogens with zero attached hydrogens (tertiary/aromatic N) is 3. The number of rotatable bonds is 1. The molecule has 0 radical (unpaired) electrons. The highest BCUT2D eigenvalue weighted by atomic mass is 15.3. The van der Waals surface area contributed by atoms with E-state index in [1.807, 2.05) is 11.6 Å². The van der Waals surface area contributed by atoms with Crippen LogP contribution in [0.15, 0.2) is 0 Å². The SMILES string of the molecule is Cn1c(CN)nnc1C(C)(C)C. The van der Waals surface area contributed by atoms with Crippen LogP contribution < -0.4 is 5.73 Å². The van der Waals surface area contributed by atoms with Crippen molar-refractivity contribution < 1.29 is 0 Å². The Balaban J connectivity index is 3.11. The van der Waals surface area contributed by atoms with Gasteiger partial charge >= 0.3 is 0 Å². The van der Waals surface area contributed by atoms with Crippen LogP contribution in [0.5, 0.6) is 0 Å². The molecule has 0 unspecified atom stereocenters. The Hall–Kier alpha value is -0.900. The predicted octanol–water partition coefficient (Wildman–Crippen LogP) is 0.571. The van der Waals surface area contributed by atoms with Crippen molar-refractivity contribution in [3.63, 3.8) is 0 Å². The van der Waals surface area contributed by atoms with E-state index in [4.69, 9.17) is 5.73 Å². The van der Waals surface area contributed by atoms with E-state index in [2.05, 4.69) is 31.0 Å². The van der Waals surface area contributed by atoms with Crippen LogP contribution in [-0.4, -0.2) is 14.8 Å². The second kappa shape index (κ2) is 2.86. The Morgan fingerprint density at radius 1 is 1.33 bits per heavy atom. The van der Waals surface area contributed by atoms with Crippen molar-refractivity contribution >= 4 is 0 Å². The summed E-state index contributed by atoms with van der Waals surface area (Å²) in [7, 11) is 1.95. The average molecular weight is 168 g/mol. The van der Waals surface area contributed by atoms with Gasteiger partial charge in [-0.2, -0.15) is 0 Å². The number of nitrogens with two attached hydrogens (primary N) is 1. The largest absolute Gasteiger partial charge is 0.324 e. The highest BCUT2D eigenvalue weighted by Gasteiger charge is 2.21. The maximum atomic E-state index is 5.48. The molecule has 0 saturated heterocycles. The van der Waals surface area contributed by atoms with Gasteiger partial charge in [-0.25, -0.2) is 0 Å². The molecule has 1 heterocycles. The van der Waals surface area contributed by atoms with E-state index in [0.717, 1.165) is 11.6 Å². The zero-order chi connectivity index (χ0) is 9.35. The van der Waals surface area contributed by atoms with E-state index in [9.17, 15) is 0 Å². The van der Waals surface area contributed by atoms with Gasteiger partial charge in [-0.05, 0) is 0 Å². The van der Waals surface area contributed by atoms with E-state index < -0.39 is 0 Å². The summed E-state index contributed by atoms with van der Waals surface area (Å²) < 4.78 is 1.96. The normalized spacial score (nSPS) is 12.1. The zero-order valence-corrected chi connectivity index (χ0v) is 8.13. The molecule has 0 saturated carbocycles. The first-order valence-electron chi connectivity index (χ1n) is 4.05. The number of hydrogen-bond acceptors (Lipinski definition) is 3. The van der Waals surface area contributed by atoms with Crippen molar-refractivity contribution in [1.29, 1.82) is 0 Å². The van der Waals surface area contributed by atoms with E-state index in [-0.39, 0.29) is 5.41 Å². The molecule has 4 nitrogen and oxygen atoms in total. The van der Waals surface area contributed by atoms with Crippen LogP contribution >= 0.6 is 0 Å². The second-order valence-electron chi connectivity index (χ2n) is 3.95. The second-order valence-corrected chi connectivity index (χ2v) is 3.95. The maximum Gasteiger partial charge on any atom is 0.146 e. The summed E-state index contributed by atoms with van der Waals surface area (Å²) in [6.45, 7) is 6.77. The Kier molecular flexibility index (Phi) is 2.19. The smallest absolute Gasteiger partial charge is 0.146 e. The lowest BCUT2D eigenvalue weighted by molar-refractivity contribution is 0.517. The lowest BCUT2D eigenvalue weighted by atomic mass is 9.96. The average Bonchev–Trinajstić information content (AvgIpc) is 2.29. The molecule has 1 aromatic rings. The fourth-order valence-corrected chi connectivity index (χ4v) is 1.19. The molecule has 2 N–H and O–H groups in total. The molecule has 0 fully saturated rings. The van der Waals surface area contributed by atoms with Crippen LogP contribution in [0.2, 0.25) is 0 Å². The minimum Gasteiger partial charge on any atom is -0.324 e. The first kappa shape index (κ1) is 9.19. The van der Waals surface area contributed by atoms with E-state index in [1.54, 1.807) is 0 Å². The van der Waals surface area contributed by atoms with Crippen molar-refractivity contribution in [3.05, 3.63) is 11.6 Å². The van der Waals surface area contributed by atoms with E-state index >= 15 is 0 Å². The summed E-state index contributed by atoms with van der Waals surface area (Å²) in [5.41, 5.74) is 5.52. The van der Waals surface area contributed by atoms with Crippen LogP contribution in [0.4, 0.5) is 0 Å². The minimum absolute atomic E-state index is 0.0369. The van der Waals surface area contributed by atoms with Gasteiger partial charge in [0, 0.05) is 12.5 Å². The zero-order valence-electron chi connectivity index (χ0n) is 8.13. The molecule has 0 spiro atoms. The van der Waals surface area contributed by atoms with Crippen LogP contribution in [0.3, 0.4) is 0 Å². The molecule has 0 amide bonds. The Morgan fingerprint density at radius 3 is 2.17 bits per heavy atom. The van der Waals surface area contributed by atoms with Gasteiger partial charge in [0.2, 0.25) is 0 Å². The topological polar surface area (TPSA) is 56.7 Å². The van der Waals surface area contributed by atoms with Gasteiger partial charge in [-0.3, -0.25) is 0 Å². The van der Waals surface area contributed by atoms with Crippen LogP contribution in [0.25, 0.3) is 0 Å². The molecule has 0 atom stereocenters. The fourth-order valence-electron chi connectivity index (χ4n) is 1.19. The van der Waals surface area contributed by atoms with Crippen LogP contribution in [0, 0.1) is 0 Å². The predicted molar refractivity (Wildman–Crippen MR) is 47.6 cm³/mol. The highest BCUT2D eigenvalue weighted by molar-refractivity contribution is 5.04. The van der Waals surface area contributed by atoms with E-state index in [0.29, 0.717) is 6.54 Å². The van der Waals surface area contributed by atoms with Gasteiger partial charge in [0.25, 0.3) is 0 Å². The van der Waals surface area contributed by atoms with Gasteiger partial charge in [0.05, 0.1) is 6.54 Å². The molecular weight excluding hydrogens is 152 g/mol. The monoisotopic (exact) mass is 168 g/mol. The molecule has 0 aliphatic heterocycles. The molecule has 0 aliphatic rings. The van der Waals surface area contributed by atoms with Crippen molar-refractivity contribution in [2.24, 2.45) is 12.8 Å². The van der Waals surface area contributed by atoms with Crippen molar-refractivity contribution in [2.75, 3.05) is 0 Å². The number of aromatic nitrogens is 3. The quantitative estimate of drug-likeness (QED) is 0.667. The minimum atomic E-state index is 0.0369. The first-order chi connectivity index (χ1) is 5.46. The molecule has 0 aliphatic carbocycles. The van der Waals surface area contributed by atoms with Crippen LogP contribution in [0.1, 0.15) is 32.4 Å². The third-order valence-electron chi connectivity index (χ3n) is 1.82. The standard InChI is InChI=1S/C8H16N4/c1-8(2,3)7-11-10-6(5-9)12(7)4/h5,9H2,1-4H3. The molecule has 12 heavy (non-hydrogen) atoms. The van der Waals surface area contributed by atoms with Crippen molar-refractivity contribution in [3.8, 4) is 0 Å². The first-order valence-corrected chi connectivity index (χ1v) is 4.05. The lowest BCUT2D eigenvalue weighted by Crippen LogP contribution is -2.18. The molecular formula is C8H16N4. The Morgan fingerprint density at radius 2 is 1.92 bits per heavy atom. The molecule has 1 rings (SSSR count). The third kappa shape index (κ3) is 1.48. The molecule has 68 valence electrons. The van der Waals surface area contributed by atoms with Crippen molar-refractivity contribution in [1.82, 2.24) is 14.8 Å². The Labute approximate surface area is 72.8 Å². The van der Waals surface area contributed by atoms with Gasteiger partial charge < -0.3 is 10.3 Å². The molecule has 4 heteroatoms. The molecule has 0 bridgehead atoms. The van der Waals surface area contributed by atoms with Crippen LogP contribution in [-0.2, 0) is 19.0 Å². The third-order valence-corrected chi connectivity index (χ3v) is 1.82. The fraction of sp³-hybridized carbons (Fsp3) is 0.750. The molecule has 1 aromatic heterocycles. The summed E-state index contributed by atoms with van der Waals surface area (Å²) >= 11 is 0.